The van der Waals surface area contributed by atoms with E-state index < -0.39 is 5.54 Å². The van der Waals surface area contributed by atoms with Crippen molar-refractivity contribution in [3.8, 4) is 0 Å². The zero-order valence-electron chi connectivity index (χ0n) is 11.9. The maximum atomic E-state index is 12.1. The highest BCUT2D eigenvalue weighted by Gasteiger charge is 2.34. The number of carbonyl (C=O) groups excluding carboxylic acids is 1. The van der Waals surface area contributed by atoms with Gasteiger partial charge in [0.1, 0.15) is 5.54 Å². The first-order valence-corrected chi connectivity index (χ1v) is 6.45. The second-order valence-electron chi connectivity index (χ2n) is 5.06. The fourth-order valence-corrected chi connectivity index (χ4v) is 2.08. The van der Waals surface area contributed by atoms with Gasteiger partial charge in [-0.05, 0) is 26.8 Å². The molecule has 0 amide bonds. The maximum Gasteiger partial charge on any atom is 0.331 e. The summed E-state index contributed by atoms with van der Waals surface area (Å²) in [6, 6.07) is 8.03. The summed E-state index contributed by atoms with van der Waals surface area (Å²) in [5.74, 6) is -0.220. The Morgan fingerprint density at radius 1 is 1.37 bits per heavy atom. The molecule has 0 bridgehead atoms. The molecule has 1 heterocycles. The van der Waals surface area contributed by atoms with Crippen molar-refractivity contribution in [2.24, 2.45) is 0 Å². The van der Waals surface area contributed by atoms with E-state index in [0.717, 1.165) is 16.6 Å². The van der Waals surface area contributed by atoms with Crippen LogP contribution in [-0.2, 0) is 9.53 Å². The van der Waals surface area contributed by atoms with Crippen LogP contribution in [-0.4, -0.2) is 30.1 Å². The van der Waals surface area contributed by atoms with Crippen LogP contribution >= 0.6 is 0 Å². The molecule has 1 N–H and O–H groups in total. The Labute approximate surface area is 113 Å². The van der Waals surface area contributed by atoms with E-state index in [2.05, 4.69) is 4.98 Å². The normalized spacial score (nSPS) is 11.6. The van der Waals surface area contributed by atoms with Gasteiger partial charge in [-0.3, -0.25) is 0 Å². The molecule has 0 atom stereocenters. The number of para-hydroxylation sites is 1. The van der Waals surface area contributed by atoms with Crippen molar-refractivity contribution in [2.75, 3.05) is 18.6 Å². The number of hydrogen-bond acceptors (Lipinski definition) is 3. The zero-order chi connectivity index (χ0) is 14.0. The number of benzene rings is 1. The largest absolute Gasteiger partial charge is 0.464 e. The lowest BCUT2D eigenvalue weighted by Gasteiger charge is -2.34. The number of rotatable bonds is 4. The molecule has 0 radical (unpaired) electrons. The van der Waals surface area contributed by atoms with E-state index in [4.69, 9.17) is 4.74 Å². The van der Waals surface area contributed by atoms with E-state index in [0.29, 0.717) is 6.61 Å². The van der Waals surface area contributed by atoms with E-state index in [1.807, 2.05) is 63.2 Å². The van der Waals surface area contributed by atoms with Crippen LogP contribution in [0.15, 0.2) is 30.5 Å². The molecule has 102 valence electrons. The van der Waals surface area contributed by atoms with Crippen LogP contribution in [0.1, 0.15) is 20.8 Å². The molecule has 2 rings (SSSR count). The summed E-state index contributed by atoms with van der Waals surface area (Å²) >= 11 is 0. The number of likely N-dealkylation sites (N-methyl/N-ethyl adjacent to an activating group) is 1. The van der Waals surface area contributed by atoms with Gasteiger partial charge < -0.3 is 14.6 Å². The fraction of sp³-hybridized carbons (Fsp3) is 0.400. The third kappa shape index (κ3) is 2.30. The molecule has 0 aliphatic carbocycles. The van der Waals surface area contributed by atoms with Crippen molar-refractivity contribution in [3.63, 3.8) is 0 Å². The highest BCUT2D eigenvalue weighted by molar-refractivity contribution is 5.95. The van der Waals surface area contributed by atoms with E-state index in [1.165, 1.54) is 0 Å². The number of carbonyl (C=O) groups is 1. The molecular formula is C15H20N2O2. The Morgan fingerprint density at radius 3 is 2.74 bits per heavy atom. The number of ether oxygens (including phenoxy) is 1. The van der Waals surface area contributed by atoms with Crippen LogP contribution in [0.3, 0.4) is 0 Å². The average molecular weight is 260 g/mol. The van der Waals surface area contributed by atoms with E-state index in [-0.39, 0.29) is 5.97 Å². The Kier molecular flexibility index (Phi) is 3.51. The predicted molar refractivity (Wildman–Crippen MR) is 77.4 cm³/mol. The smallest absolute Gasteiger partial charge is 0.331 e. The predicted octanol–water partition coefficient (Wildman–Crippen LogP) is 2.95. The van der Waals surface area contributed by atoms with Gasteiger partial charge in [0.25, 0.3) is 0 Å². The number of H-pyrrole nitrogens is 1. The zero-order valence-corrected chi connectivity index (χ0v) is 11.9. The molecule has 0 spiro atoms. The van der Waals surface area contributed by atoms with Gasteiger partial charge in [0.05, 0.1) is 12.3 Å². The van der Waals surface area contributed by atoms with Gasteiger partial charge in [0.15, 0.2) is 0 Å². The van der Waals surface area contributed by atoms with Crippen LogP contribution < -0.4 is 4.90 Å². The monoisotopic (exact) mass is 260 g/mol. The van der Waals surface area contributed by atoms with Gasteiger partial charge in [-0.15, -0.1) is 0 Å². The highest BCUT2D eigenvalue weighted by Crippen LogP contribution is 2.30. The average Bonchev–Trinajstić information content (AvgIpc) is 2.81. The minimum atomic E-state index is -0.707. The van der Waals surface area contributed by atoms with Crippen LogP contribution in [0.4, 0.5) is 5.69 Å². The molecule has 1 aromatic carbocycles. The topological polar surface area (TPSA) is 45.3 Å². The lowest BCUT2D eigenvalue weighted by molar-refractivity contribution is -0.148. The second-order valence-corrected chi connectivity index (χ2v) is 5.06. The van der Waals surface area contributed by atoms with Crippen LogP contribution in [0.5, 0.6) is 0 Å². The molecule has 0 unspecified atom stereocenters. The number of esters is 1. The summed E-state index contributed by atoms with van der Waals surface area (Å²) < 4.78 is 5.15. The van der Waals surface area contributed by atoms with Crippen LogP contribution in [0.25, 0.3) is 10.9 Å². The fourth-order valence-electron chi connectivity index (χ4n) is 2.08. The third-order valence-corrected chi connectivity index (χ3v) is 3.54. The number of aromatic nitrogens is 1. The van der Waals surface area contributed by atoms with Crippen molar-refractivity contribution in [2.45, 2.75) is 26.3 Å². The first kappa shape index (κ1) is 13.5. The summed E-state index contributed by atoms with van der Waals surface area (Å²) in [6.07, 6.45) is 1.92. The lowest BCUT2D eigenvalue weighted by atomic mass is 10.0. The number of nitrogens with zero attached hydrogens (tertiary/aromatic N) is 1. The standard InChI is InChI=1S/C15H20N2O2/c1-5-19-14(18)15(2,3)17(4)13-10-16-12-9-7-6-8-11(12)13/h6-10,16H,5H2,1-4H3. The highest BCUT2D eigenvalue weighted by atomic mass is 16.5. The van der Waals surface area contributed by atoms with Gasteiger partial charge in [0, 0.05) is 24.1 Å². The Balaban J connectivity index is 2.38. The molecule has 0 saturated carbocycles. The molecule has 19 heavy (non-hydrogen) atoms. The van der Waals surface area contributed by atoms with Crippen molar-refractivity contribution in [1.29, 1.82) is 0 Å². The molecule has 0 saturated heterocycles. The number of hydrogen-bond donors (Lipinski definition) is 1. The van der Waals surface area contributed by atoms with E-state index in [1.54, 1.807) is 0 Å². The number of aromatic amines is 1. The summed E-state index contributed by atoms with van der Waals surface area (Å²) in [4.78, 5) is 17.2. The Hall–Kier alpha value is -1.97. The molecular weight excluding hydrogens is 240 g/mol. The van der Waals surface area contributed by atoms with Gasteiger partial charge in [-0.25, -0.2) is 4.79 Å². The number of anilines is 1. The van der Waals surface area contributed by atoms with Crippen molar-refractivity contribution < 1.29 is 9.53 Å². The van der Waals surface area contributed by atoms with Crippen molar-refractivity contribution >= 4 is 22.6 Å². The van der Waals surface area contributed by atoms with Crippen LogP contribution in [0, 0.1) is 0 Å². The first-order chi connectivity index (χ1) is 8.98. The Morgan fingerprint density at radius 2 is 2.05 bits per heavy atom. The van der Waals surface area contributed by atoms with Gasteiger partial charge in [-0.1, -0.05) is 18.2 Å². The minimum Gasteiger partial charge on any atom is -0.464 e. The molecule has 0 aliphatic heterocycles. The van der Waals surface area contributed by atoms with Crippen molar-refractivity contribution in [1.82, 2.24) is 4.98 Å². The summed E-state index contributed by atoms with van der Waals surface area (Å²) in [6.45, 7) is 5.95. The molecule has 0 fully saturated rings. The van der Waals surface area contributed by atoms with Gasteiger partial charge >= 0.3 is 5.97 Å². The lowest BCUT2D eigenvalue weighted by Crippen LogP contribution is -2.49. The molecule has 4 heteroatoms. The number of nitrogens with one attached hydrogen (secondary N) is 1. The maximum absolute atomic E-state index is 12.1. The summed E-state index contributed by atoms with van der Waals surface area (Å²) in [5, 5.41) is 1.10. The summed E-state index contributed by atoms with van der Waals surface area (Å²) in [7, 11) is 1.91. The van der Waals surface area contributed by atoms with Crippen LogP contribution in [0.2, 0.25) is 0 Å². The SMILES string of the molecule is CCOC(=O)C(C)(C)N(C)c1c[nH]c2ccccc12. The second kappa shape index (κ2) is 4.96. The number of fused-ring (bicyclic) bond motifs is 1. The Bertz CT molecular complexity index is 587. The third-order valence-electron chi connectivity index (χ3n) is 3.54. The summed E-state index contributed by atoms with van der Waals surface area (Å²) in [5.41, 5.74) is 1.35. The van der Waals surface area contributed by atoms with E-state index >= 15 is 0 Å². The van der Waals surface area contributed by atoms with Gasteiger partial charge in [0.2, 0.25) is 0 Å². The molecule has 0 aliphatic rings. The minimum absolute atomic E-state index is 0.220. The molecule has 4 nitrogen and oxygen atoms in total. The van der Waals surface area contributed by atoms with E-state index in [9.17, 15) is 4.79 Å². The van der Waals surface area contributed by atoms with Gasteiger partial charge in [-0.2, -0.15) is 0 Å². The molecule has 2 aromatic rings. The first-order valence-electron chi connectivity index (χ1n) is 6.45. The molecule has 1 aromatic heterocycles. The quantitative estimate of drug-likeness (QED) is 0.860. The van der Waals surface area contributed by atoms with Crippen molar-refractivity contribution in [3.05, 3.63) is 30.5 Å².